The Morgan fingerprint density at radius 3 is 2.05 bits per heavy atom. The molecule has 3 amide bonds. The van der Waals surface area contributed by atoms with E-state index in [9.17, 15) is 14.4 Å². The number of anilines is 1. The highest BCUT2D eigenvalue weighted by atomic mass is 16.2. The van der Waals surface area contributed by atoms with Crippen molar-refractivity contribution in [3.63, 3.8) is 0 Å². The van der Waals surface area contributed by atoms with Crippen LogP contribution in [0.15, 0.2) is 72.8 Å². The van der Waals surface area contributed by atoms with Crippen LogP contribution in [0.3, 0.4) is 0 Å². The predicted octanol–water partition coefficient (Wildman–Crippen LogP) is 7.23. The van der Waals surface area contributed by atoms with Crippen molar-refractivity contribution in [1.82, 2.24) is 10.2 Å². The third kappa shape index (κ3) is 9.89. The van der Waals surface area contributed by atoms with Crippen LogP contribution in [0.25, 0.3) is 0 Å². The molecule has 0 bridgehead atoms. The lowest BCUT2D eigenvalue weighted by Gasteiger charge is -2.20. The first-order chi connectivity index (χ1) is 19.5. The number of hydrogen-bond donors (Lipinski definition) is 2. The lowest BCUT2D eigenvalue weighted by molar-refractivity contribution is -0.119. The largest absolute Gasteiger partial charge is 0.352 e. The minimum Gasteiger partial charge on any atom is -0.352 e. The minimum absolute atomic E-state index is 0.00591. The smallest absolute Gasteiger partial charge is 0.253 e. The molecule has 0 fully saturated rings. The van der Waals surface area contributed by atoms with Gasteiger partial charge in [0, 0.05) is 44.7 Å². The van der Waals surface area contributed by atoms with Crippen LogP contribution in [0.1, 0.15) is 104 Å². The number of amides is 3. The molecule has 2 unspecified atom stereocenters. The predicted molar refractivity (Wildman–Crippen MR) is 167 cm³/mol. The van der Waals surface area contributed by atoms with Crippen molar-refractivity contribution < 1.29 is 14.4 Å². The van der Waals surface area contributed by atoms with Gasteiger partial charge in [-0.05, 0) is 77.1 Å². The topological polar surface area (TPSA) is 78.5 Å². The van der Waals surface area contributed by atoms with Gasteiger partial charge in [0.15, 0.2) is 0 Å². The number of nitrogens with one attached hydrogen (secondary N) is 2. The van der Waals surface area contributed by atoms with Gasteiger partial charge in [-0.2, -0.15) is 0 Å². The van der Waals surface area contributed by atoms with E-state index < -0.39 is 0 Å². The van der Waals surface area contributed by atoms with Gasteiger partial charge in [-0.3, -0.25) is 14.4 Å². The van der Waals surface area contributed by atoms with Crippen LogP contribution < -0.4 is 10.6 Å². The van der Waals surface area contributed by atoms with Gasteiger partial charge in [0.05, 0.1) is 0 Å². The molecule has 0 heterocycles. The molecule has 2 atom stereocenters. The first-order valence-electron chi connectivity index (χ1n) is 14.6. The zero-order valence-corrected chi connectivity index (χ0v) is 25.4. The molecule has 3 rings (SSSR count). The number of nitrogens with zero attached hydrogens (tertiary/aromatic N) is 1. The second-order valence-corrected chi connectivity index (χ2v) is 11.5. The third-order valence-electron chi connectivity index (χ3n) is 7.70. The highest BCUT2D eigenvalue weighted by molar-refractivity contribution is 5.94. The SMILES string of the molecule is CC(=O)NCc1cccc(C(C)CCC(=O)Nc2ccc(C(C)CCN(C)C(=O)c3ccc(C(C)C)cc3)cc2)c1. The van der Waals surface area contributed by atoms with Crippen molar-refractivity contribution in [2.75, 3.05) is 18.9 Å². The van der Waals surface area contributed by atoms with E-state index in [0.29, 0.717) is 25.4 Å². The van der Waals surface area contributed by atoms with Gasteiger partial charge in [-0.25, -0.2) is 0 Å². The maximum absolute atomic E-state index is 12.8. The van der Waals surface area contributed by atoms with Crippen molar-refractivity contribution in [2.24, 2.45) is 0 Å². The average molecular weight is 556 g/mol. The maximum Gasteiger partial charge on any atom is 0.253 e. The molecular formula is C35H45N3O3. The molecule has 2 N–H and O–H groups in total. The Morgan fingerprint density at radius 2 is 1.41 bits per heavy atom. The standard InChI is InChI=1S/C35H45N3O3/c1-24(2)29-11-13-31(14-12-29)35(41)38(6)21-20-26(4)30-15-17-33(18-16-30)37-34(40)19-10-25(3)32-9-7-8-28(22-32)23-36-27(5)39/h7-9,11-18,22,24-26H,10,19-21,23H2,1-6H3,(H,36,39)(H,37,40). The zero-order chi connectivity index (χ0) is 29.9. The summed E-state index contributed by atoms with van der Waals surface area (Å²) in [6, 6.07) is 24.0. The second-order valence-electron chi connectivity index (χ2n) is 11.5. The average Bonchev–Trinajstić information content (AvgIpc) is 2.97. The van der Waals surface area contributed by atoms with Crippen LogP contribution in [0, 0.1) is 0 Å². The van der Waals surface area contributed by atoms with Crippen LogP contribution in [0.5, 0.6) is 0 Å². The van der Waals surface area contributed by atoms with E-state index in [-0.39, 0.29) is 29.6 Å². The Balaban J connectivity index is 1.44. The molecule has 3 aromatic carbocycles. The van der Waals surface area contributed by atoms with Gasteiger partial charge in [0.1, 0.15) is 0 Å². The van der Waals surface area contributed by atoms with Gasteiger partial charge in [0.25, 0.3) is 5.91 Å². The van der Waals surface area contributed by atoms with Gasteiger partial charge >= 0.3 is 0 Å². The zero-order valence-electron chi connectivity index (χ0n) is 25.4. The lowest BCUT2D eigenvalue weighted by Crippen LogP contribution is -2.28. The molecule has 0 aliphatic heterocycles. The molecule has 0 spiro atoms. The van der Waals surface area contributed by atoms with E-state index in [4.69, 9.17) is 0 Å². The van der Waals surface area contributed by atoms with Gasteiger partial charge < -0.3 is 15.5 Å². The van der Waals surface area contributed by atoms with Crippen molar-refractivity contribution in [3.8, 4) is 0 Å². The molecule has 0 radical (unpaired) electrons. The number of carbonyl (C=O) groups is 3. The van der Waals surface area contributed by atoms with E-state index in [2.05, 4.69) is 62.6 Å². The molecule has 0 saturated carbocycles. The lowest BCUT2D eigenvalue weighted by atomic mass is 9.94. The highest BCUT2D eigenvalue weighted by Crippen LogP contribution is 2.24. The van der Waals surface area contributed by atoms with Crippen molar-refractivity contribution in [3.05, 3.63) is 101 Å². The molecule has 0 aromatic heterocycles. The van der Waals surface area contributed by atoms with Crippen LogP contribution in [0.4, 0.5) is 5.69 Å². The van der Waals surface area contributed by atoms with Crippen LogP contribution >= 0.6 is 0 Å². The normalized spacial score (nSPS) is 12.5. The van der Waals surface area contributed by atoms with Crippen LogP contribution in [-0.4, -0.2) is 36.2 Å². The molecule has 0 aliphatic rings. The molecular weight excluding hydrogens is 510 g/mol. The summed E-state index contributed by atoms with van der Waals surface area (Å²) in [5, 5.41) is 5.84. The molecule has 0 saturated heterocycles. The quantitative estimate of drug-likeness (QED) is 0.233. The second kappa shape index (κ2) is 15.2. The van der Waals surface area contributed by atoms with Crippen molar-refractivity contribution in [1.29, 1.82) is 0 Å². The number of benzene rings is 3. The first-order valence-corrected chi connectivity index (χ1v) is 14.6. The summed E-state index contributed by atoms with van der Waals surface area (Å²) in [5.41, 5.74) is 6.13. The number of carbonyl (C=O) groups excluding carboxylic acids is 3. The van der Waals surface area contributed by atoms with E-state index in [0.717, 1.165) is 35.2 Å². The summed E-state index contributed by atoms with van der Waals surface area (Å²) in [6.45, 7) is 11.3. The minimum atomic E-state index is -0.0503. The van der Waals surface area contributed by atoms with Crippen LogP contribution in [-0.2, 0) is 16.1 Å². The first kappa shape index (κ1) is 31.6. The number of hydrogen-bond acceptors (Lipinski definition) is 3. The fourth-order valence-electron chi connectivity index (χ4n) is 4.76. The monoisotopic (exact) mass is 555 g/mol. The van der Waals surface area contributed by atoms with Gasteiger partial charge in [-0.1, -0.05) is 76.2 Å². The van der Waals surface area contributed by atoms with E-state index in [1.54, 1.807) is 4.90 Å². The van der Waals surface area contributed by atoms with E-state index in [1.807, 2.05) is 55.6 Å². The summed E-state index contributed by atoms with van der Waals surface area (Å²) >= 11 is 0. The Hall–Kier alpha value is -3.93. The molecule has 6 nitrogen and oxygen atoms in total. The van der Waals surface area contributed by atoms with Crippen LogP contribution in [0.2, 0.25) is 0 Å². The fourth-order valence-corrected chi connectivity index (χ4v) is 4.76. The maximum atomic E-state index is 12.8. The molecule has 6 heteroatoms. The number of rotatable bonds is 13. The summed E-state index contributed by atoms with van der Waals surface area (Å²) in [5.74, 6) is 0.932. The van der Waals surface area contributed by atoms with Crippen molar-refractivity contribution in [2.45, 2.75) is 78.2 Å². The molecule has 41 heavy (non-hydrogen) atoms. The Kier molecular flexibility index (Phi) is 11.7. The summed E-state index contributed by atoms with van der Waals surface area (Å²) < 4.78 is 0. The third-order valence-corrected chi connectivity index (χ3v) is 7.70. The molecule has 218 valence electrons. The Bertz CT molecular complexity index is 1300. The van der Waals surface area contributed by atoms with Gasteiger partial charge in [0.2, 0.25) is 11.8 Å². The molecule has 0 aliphatic carbocycles. The highest BCUT2D eigenvalue weighted by Gasteiger charge is 2.15. The summed E-state index contributed by atoms with van der Waals surface area (Å²) in [4.78, 5) is 38.4. The van der Waals surface area contributed by atoms with E-state index in [1.165, 1.54) is 18.1 Å². The Labute approximate surface area is 245 Å². The summed E-state index contributed by atoms with van der Waals surface area (Å²) in [6.07, 6.45) is 2.01. The summed E-state index contributed by atoms with van der Waals surface area (Å²) in [7, 11) is 1.85. The fraction of sp³-hybridized carbons (Fsp3) is 0.400. The van der Waals surface area contributed by atoms with Crippen molar-refractivity contribution >= 4 is 23.4 Å². The van der Waals surface area contributed by atoms with Gasteiger partial charge in [-0.15, -0.1) is 0 Å². The van der Waals surface area contributed by atoms with E-state index >= 15 is 0 Å². The molecule has 3 aromatic rings. The Morgan fingerprint density at radius 1 is 0.780 bits per heavy atom.